The number of piperidine rings is 1. The van der Waals surface area contributed by atoms with E-state index in [1.807, 2.05) is 25.1 Å². The van der Waals surface area contributed by atoms with E-state index in [4.69, 9.17) is 9.84 Å². The third kappa shape index (κ3) is 4.74. The lowest BCUT2D eigenvalue weighted by molar-refractivity contribution is -0.137. The molecule has 1 amide bonds. The number of esters is 1. The topological polar surface area (TPSA) is 62.2 Å². The number of ether oxygens (including phenoxy) is 1. The van der Waals surface area contributed by atoms with Crippen molar-refractivity contribution in [3.05, 3.63) is 95.1 Å². The Morgan fingerprint density at radius 2 is 1.81 bits per heavy atom. The lowest BCUT2D eigenvalue weighted by Gasteiger charge is -2.52. The Morgan fingerprint density at radius 3 is 2.50 bits per heavy atom. The first kappa shape index (κ1) is 28.0. The molecule has 218 valence electrons. The first-order valence-electron chi connectivity index (χ1n) is 14.3. The minimum atomic E-state index is -4.49. The molecule has 3 aliphatic heterocycles. The van der Waals surface area contributed by atoms with Crippen LogP contribution in [0.1, 0.15) is 53.7 Å². The maximum Gasteiger partial charge on any atom is 0.416 e. The number of hydrazone groups is 1. The predicted octanol–water partition coefficient (Wildman–Crippen LogP) is 6.68. The summed E-state index contributed by atoms with van der Waals surface area (Å²) in [5.74, 6) is -0.415. The summed E-state index contributed by atoms with van der Waals surface area (Å²) in [6.45, 7) is 4.42. The highest BCUT2D eigenvalue weighted by Crippen LogP contribution is 2.51. The number of carbonyl (C=O) groups is 2. The van der Waals surface area contributed by atoms with Gasteiger partial charge in [0.15, 0.2) is 0 Å². The lowest BCUT2D eigenvalue weighted by Crippen LogP contribution is -2.62. The van der Waals surface area contributed by atoms with Gasteiger partial charge in [-0.25, -0.2) is 4.79 Å². The van der Waals surface area contributed by atoms with Gasteiger partial charge in [0, 0.05) is 18.3 Å². The van der Waals surface area contributed by atoms with Gasteiger partial charge in [-0.2, -0.15) is 23.3 Å². The van der Waals surface area contributed by atoms with Crippen LogP contribution < -0.4 is 9.91 Å². The Hall–Kier alpha value is -4.14. The molecule has 0 aliphatic carbocycles. The number of hydrogen-bond donors (Lipinski definition) is 0. The third-order valence-electron chi connectivity index (χ3n) is 8.93. The molecule has 3 aromatic carbocycles. The minimum absolute atomic E-state index is 0.136. The van der Waals surface area contributed by atoms with Crippen LogP contribution in [0.15, 0.2) is 77.9 Å². The Bertz CT molecular complexity index is 1540. The van der Waals surface area contributed by atoms with Gasteiger partial charge >= 0.3 is 12.1 Å². The molecule has 0 saturated carbocycles. The summed E-state index contributed by atoms with van der Waals surface area (Å²) in [7, 11) is 0. The molecule has 3 atom stereocenters. The Morgan fingerprint density at radius 1 is 1.07 bits per heavy atom. The second-order valence-corrected chi connectivity index (χ2v) is 11.3. The number of amides is 1. The van der Waals surface area contributed by atoms with Crippen molar-refractivity contribution in [2.24, 2.45) is 16.4 Å². The highest BCUT2D eigenvalue weighted by Gasteiger charge is 2.60. The molecule has 42 heavy (non-hydrogen) atoms. The van der Waals surface area contributed by atoms with Gasteiger partial charge in [-0.05, 0) is 99.0 Å². The number of hydrogen-bond acceptors (Lipinski definition) is 5. The van der Waals surface area contributed by atoms with E-state index in [1.165, 1.54) is 16.6 Å². The van der Waals surface area contributed by atoms with Gasteiger partial charge in [0.2, 0.25) is 0 Å². The smallest absolute Gasteiger partial charge is 0.416 e. The van der Waals surface area contributed by atoms with Crippen molar-refractivity contribution >= 4 is 29.0 Å². The van der Waals surface area contributed by atoms with E-state index < -0.39 is 23.1 Å². The molecular formula is C33H32F3N3O3. The van der Waals surface area contributed by atoms with Crippen LogP contribution in [0.25, 0.3) is 0 Å². The Labute approximate surface area is 242 Å². The zero-order chi connectivity index (χ0) is 29.6. The first-order valence-corrected chi connectivity index (χ1v) is 14.3. The van der Waals surface area contributed by atoms with E-state index in [0.717, 1.165) is 24.6 Å². The molecule has 0 unspecified atom stereocenters. The summed E-state index contributed by atoms with van der Waals surface area (Å²) in [4.78, 5) is 28.8. The quantitative estimate of drug-likeness (QED) is 0.319. The van der Waals surface area contributed by atoms with Crippen molar-refractivity contribution in [2.45, 2.75) is 51.7 Å². The summed E-state index contributed by atoms with van der Waals surface area (Å²) < 4.78 is 46.3. The number of nitrogens with zero attached hydrogens (tertiary/aromatic N) is 3. The molecular weight excluding hydrogens is 543 g/mol. The maximum absolute atomic E-state index is 14.5. The Kier molecular flexibility index (Phi) is 7.07. The van der Waals surface area contributed by atoms with Gasteiger partial charge in [-0.15, -0.1) is 0 Å². The first-order chi connectivity index (χ1) is 20.1. The molecule has 0 radical (unpaired) electrons. The Balaban J connectivity index is 1.38. The number of halogens is 3. The van der Waals surface area contributed by atoms with E-state index >= 15 is 0 Å². The van der Waals surface area contributed by atoms with Gasteiger partial charge in [-0.3, -0.25) is 4.79 Å². The number of rotatable bonds is 5. The highest BCUT2D eigenvalue weighted by molar-refractivity contribution is 6.20. The molecule has 0 N–H and O–H groups in total. The zero-order valence-corrected chi connectivity index (χ0v) is 23.5. The van der Waals surface area contributed by atoms with Crippen molar-refractivity contribution < 1.29 is 27.5 Å². The largest absolute Gasteiger partial charge is 0.462 e. The number of benzene rings is 3. The van der Waals surface area contributed by atoms with Crippen LogP contribution >= 0.6 is 0 Å². The molecule has 3 aromatic rings. The van der Waals surface area contributed by atoms with Gasteiger partial charge in [0.1, 0.15) is 5.41 Å². The van der Waals surface area contributed by atoms with Crippen LogP contribution in [-0.4, -0.2) is 36.8 Å². The van der Waals surface area contributed by atoms with E-state index in [0.29, 0.717) is 41.4 Å². The maximum atomic E-state index is 14.5. The van der Waals surface area contributed by atoms with Crippen LogP contribution in [0.2, 0.25) is 0 Å². The lowest BCUT2D eigenvalue weighted by atomic mass is 9.63. The third-order valence-corrected chi connectivity index (χ3v) is 8.93. The van der Waals surface area contributed by atoms with E-state index in [1.54, 1.807) is 37.3 Å². The number of alkyl halides is 3. The van der Waals surface area contributed by atoms with Gasteiger partial charge < -0.3 is 9.64 Å². The number of fused-ring (bicyclic) bond motifs is 4. The molecule has 0 bridgehead atoms. The van der Waals surface area contributed by atoms with E-state index in [-0.39, 0.29) is 25.0 Å². The molecule has 6 rings (SSSR count). The molecule has 3 heterocycles. The zero-order valence-electron chi connectivity index (χ0n) is 23.5. The molecule has 6 nitrogen and oxygen atoms in total. The molecule has 9 heteroatoms. The van der Waals surface area contributed by atoms with Gasteiger partial charge in [0.25, 0.3) is 5.91 Å². The summed E-state index contributed by atoms with van der Waals surface area (Å²) in [6, 6.07) is 20.3. The summed E-state index contributed by atoms with van der Waals surface area (Å²) in [6.07, 6.45) is -1.91. The fourth-order valence-corrected chi connectivity index (χ4v) is 6.87. The second kappa shape index (κ2) is 10.6. The second-order valence-electron chi connectivity index (χ2n) is 11.3. The van der Waals surface area contributed by atoms with Crippen LogP contribution in [0.3, 0.4) is 0 Å². The molecule has 0 aromatic heterocycles. The van der Waals surface area contributed by atoms with E-state index in [9.17, 15) is 22.8 Å². The van der Waals surface area contributed by atoms with Gasteiger partial charge in [0.05, 0.1) is 29.1 Å². The highest BCUT2D eigenvalue weighted by atomic mass is 19.4. The van der Waals surface area contributed by atoms with Gasteiger partial charge in [-0.1, -0.05) is 30.3 Å². The molecule has 1 saturated heterocycles. The molecule has 1 fully saturated rings. The van der Waals surface area contributed by atoms with Crippen molar-refractivity contribution in [3.63, 3.8) is 0 Å². The molecule has 3 aliphatic rings. The van der Waals surface area contributed by atoms with Crippen LogP contribution in [0.4, 0.5) is 24.5 Å². The average molecular weight is 576 g/mol. The SMILES string of the molecule is CCOC(=O)c1ccc(N2N=C(C)[C@]3(Cc4cc(C(F)(F)F)ccc4N4CC[C@@H](Cc5ccccc5)C[C@@H]43)C2=O)cc1. The van der Waals surface area contributed by atoms with Crippen molar-refractivity contribution in [1.29, 1.82) is 0 Å². The van der Waals surface area contributed by atoms with Crippen molar-refractivity contribution in [2.75, 3.05) is 23.1 Å². The number of carbonyl (C=O) groups excluding carboxylic acids is 2. The van der Waals surface area contributed by atoms with Crippen LogP contribution in [0.5, 0.6) is 0 Å². The summed E-state index contributed by atoms with van der Waals surface area (Å²) in [5, 5.41) is 6.06. The van der Waals surface area contributed by atoms with Crippen LogP contribution in [0, 0.1) is 11.3 Å². The monoisotopic (exact) mass is 575 g/mol. The van der Waals surface area contributed by atoms with Crippen molar-refractivity contribution in [1.82, 2.24) is 0 Å². The average Bonchev–Trinajstić information content (AvgIpc) is 3.22. The summed E-state index contributed by atoms with van der Waals surface area (Å²) in [5.41, 5.74) is 2.08. The van der Waals surface area contributed by atoms with Crippen molar-refractivity contribution in [3.8, 4) is 0 Å². The normalized spacial score (nSPS) is 23.5. The number of anilines is 2. The van der Waals surface area contributed by atoms with E-state index in [2.05, 4.69) is 17.0 Å². The fraction of sp³-hybridized carbons (Fsp3) is 0.364. The fourth-order valence-electron chi connectivity index (χ4n) is 6.87. The van der Waals surface area contributed by atoms with Crippen LogP contribution in [-0.2, 0) is 28.5 Å². The summed E-state index contributed by atoms with van der Waals surface area (Å²) >= 11 is 0. The predicted molar refractivity (Wildman–Crippen MR) is 155 cm³/mol. The minimum Gasteiger partial charge on any atom is -0.462 e. The standard InChI is InChI=1S/C33H32F3N3O3/c1-3-42-30(40)24-9-12-27(13-10-24)39-31(41)32(21(2)37-39)20-25-19-26(33(34,35)36)11-14-28(25)38-16-15-23(18-29(32)38)17-22-7-5-4-6-8-22/h4-14,19,23,29H,3,15-18,20H2,1-2H3/t23-,29+,32-/m0/s1. The molecule has 1 spiro atoms.